The number of benzene rings is 1. The molecule has 18 heavy (non-hydrogen) atoms. The van der Waals surface area contributed by atoms with Gasteiger partial charge in [0, 0.05) is 30.7 Å². The average Bonchev–Trinajstić information content (AvgIpc) is 2.33. The van der Waals surface area contributed by atoms with Crippen molar-refractivity contribution in [2.45, 2.75) is 6.42 Å². The van der Waals surface area contributed by atoms with Gasteiger partial charge >= 0.3 is 0 Å². The third kappa shape index (κ3) is 5.33. The van der Waals surface area contributed by atoms with Crippen molar-refractivity contribution in [3.05, 3.63) is 34.1 Å². The van der Waals surface area contributed by atoms with E-state index in [-0.39, 0.29) is 12.3 Å². The third-order valence-electron chi connectivity index (χ3n) is 2.12. The first kappa shape index (κ1) is 14.7. The van der Waals surface area contributed by atoms with Crippen LogP contribution in [0.5, 0.6) is 0 Å². The van der Waals surface area contributed by atoms with Crippen molar-refractivity contribution in [2.75, 3.05) is 30.0 Å². The Bertz CT molecular complexity index is 404. The van der Waals surface area contributed by atoms with E-state index in [1.165, 1.54) is 12.1 Å². The molecule has 1 aromatic rings. The summed E-state index contributed by atoms with van der Waals surface area (Å²) in [6.45, 7) is 0.771. The Hall–Kier alpha value is -1.34. The number of hydrogen-bond acceptors (Lipinski definition) is 5. The van der Waals surface area contributed by atoms with Gasteiger partial charge in [0.2, 0.25) is 0 Å². The van der Waals surface area contributed by atoms with E-state index in [0.717, 1.165) is 24.0 Å². The Labute approximate surface area is 109 Å². The average molecular weight is 274 g/mol. The number of rotatable bonds is 8. The van der Waals surface area contributed by atoms with Crippen LogP contribution in [0, 0.1) is 15.9 Å². The first-order chi connectivity index (χ1) is 8.63. The first-order valence-corrected chi connectivity index (χ1v) is 6.66. The van der Waals surface area contributed by atoms with Gasteiger partial charge in [-0.3, -0.25) is 10.1 Å². The summed E-state index contributed by atoms with van der Waals surface area (Å²) in [5.41, 5.74) is 0.148. The topological polar surface area (TPSA) is 75.4 Å². The predicted octanol–water partition coefficient (Wildman–Crippen LogP) is 2.26. The maximum absolute atomic E-state index is 13.1. The number of aliphatic hydroxyl groups excluding tert-OH is 1. The first-order valence-electron chi connectivity index (χ1n) is 5.51. The molecule has 0 aliphatic carbocycles. The Balaban J connectivity index is 2.40. The quantitative estimate of drug-likeness (QED) is 0.432. The molecule has 0 aliphatic heterocycles. The number of halogens is 1. The van der Waals surface area contributed by atoms with Crippen LogP contribution >= 0.6 is 11.8 Å². The maximum Gasteiger partial charge on any atom is 0.274 e. The number of thioether (sulfide) groups is 1. The molecule has 0 spiro atoms. The van der Waals surface area contributed by atoms with Gasteiger partial charge in [0.15, 0.2) is 0 Å². The lowest BCUT2D eigenvalue weighted by molar-refractivity contribution is -0.385. The zero-order valence-electron chi connectivity index (χ0n) is 9.76. The number of nitro groups is 1. The molecule has 100 valence electrons. The lowest BCUT2D eigenvalue weighted by Crippen LogP contribution is -2.05. The van der Waals surface area contributed by atoms with Gasteiger partial charge in [-0.1, -0.05) is 0 Å². The zero-order chi connectivity index (χ0) is 13.4. The minimum Gasteiger partial charge on any atom is -0.396 e. The van der Waals surface area contributed by atoms with Crippen molar-refractivity contribution in [3.63, 3.8) is 0 Å². The molecular weight excluding hydrogens is 259 g/mol. The second-order valence-electron chi connectivity index (χ2n) is 3.57. The number of anilines is 1. The summed E-state index contributed by atoms with van der Waals surface area (Å²) < 4.78 is 13.1. The molecule has 0 bridgehead atoms. The van der Waals surface area contributed by atoms with Crippen molar-refractivity contribution in [1.82, 2.24) is 0 Å². The Morgan fingerprint density at radius 3 is 2.83 bits per heavy atom. The third-order valence-corrected chi connectivity index (χ3v) is 3.19. The van der Waals surface area contributed by atoms with Gasteiger partial charge in [0.05, 0.1) is 11.0 Å². The van der Waals surface area contributed by atoms with E-state index in [1.54, 1.807) is 11.8 Å². The van der Waals surface area contributed by atoms with Crippen LogP contribution in [-0.2, 0) is 0 Å². The van der Waals surface area contributed by atoms with Crippen LogP contribution in [0.4, 0.5) is 15.8 Å². The fourth-order valence-electron chi connectivity index (χ4n) is 1.32. The van der Waals surface area contributed by atoms with E-state index in [2.05, 4.69) is 5.32 Å². The number of nitro benzene ring substituents is 1. The summed E-state index contributed by atoms with van der Waals surface area (Å²) in [4.78, 5) is 9.92. The molecule has 0 fully saturated rings. The molecule has 0 saturated heterocycles. The number of hydrogen-bond donors (Lipinski definition) is 2. The molecular formula is C11H15FN2O3S. The highest BCUT2D eigenvalue weighted by Crippen LogP contribution is 2.19. The molecule has 0 amide bonds. The van der Waals surface area contributed by atoms with Crippen LogP contribution in [-0.4, -0.2) is 34.7 Å². The smallest absolute Gasteiger partial charge is 0.274 e. The van der Waals surface area contributed by atoms with Crippen molar-refractivity contribution in [2.24, 2.45) is 0 Å². The minimum atomic E-state index is -0.625. The van der Waals surface area contributed by atoms with E-state index >= 15 is 0 Å². The summed E-state index contributed by atoms with van der Waals surface area (Å²) in [5.74, 6) is 1.03. The van der Waals surface area contributed by atoms with Crippen LogP contribution in [0.2, 0.25) is 0 Å². The standard InChI is InChI=1S/C11H15FN2O3S/c12-9-6-10(8-11(7-9)14(16)17)13-2-5-18-4-1-3-15/h6-8,13,15H,1-5H2. The van der Waals surface area contributed by atoms with Crippen LogP contribution < -0.4 is 5.32 Å². The van der Waals surface area contributed by atoms with Crippen LogP contribution in [0.1, 0.15) is 6.42 Å². The fourth-order valence-corrected chi connectivity index (χ4v) is 2.10. The number of nitrogens with one attached hydrogen (secondary N) is 1. The lowest BCUT2D eigenvalue weighted by atomic mass is 10.2. The largest absolute Gasteiger partial charge is 0.396 e. The van der Waals surface area contributed by atoms with E-state index in [4.69, 9.17) is 5.11 Å². The molecule has 0 aliphatic rings. The Morgan fingerprint density at radius 1 is 1.39 bits per heavy atom. The van der Waals surface area contributed by atoms with Crippen molar-refractivity contribution in [3.8, 4) is 0 Å². The summed E-state index contributed by atoms with van der Waals surface area (Å²) in [5, 5.41) is 22.0. The normalized spacial score (nSPS) is 10.3. The van der Waals surface area contributed by atoms with Crippen molar-refractivity contribution < 1.29 is 14.4 Å². The molecule has 7 heteroatoms. The van der Waals surface area contributed by atoms with Gasteiger partial charge in [0.25, 0.3) is 5.69 Å². The van der Waals surface area contributed by atoms with Gasteiger partial charge in [-0.25, -0.2) is 4.39 Å². The van der Waals surface area contributed by atoms with Crippen LogP contribution in [0.25, 0.3) is 0 Å². The highest BCUT2D eigenvalue weighted by molar-refractivity contribution is 7.99. The highest BCUT2D eigenvalue weighted by atomic mass is 32.2. The number of aliphatic hydroxyl groups is 1. The molecule has 0 radical (unpaired) electrons. The molecule has 1 rings (SSSR count). The molecule has 2 N–H and O–H groups in total. The molecule has 0 heterocycles. The summed E-state index contributed by atoms with van der Waals surface area (Å²) in [7, 11) is 0. The summed E-state index contributed by atoms with van der Waals surface area (Å²) in [6, 6.07) is 3.42. The summed E-state index contributed by atoms with van der Waals surface area (Å²) >= 11 is 1.66. The molecule has 5 nitrogen and oxygen atoms in total. The van der Waals surface area contributed by atoms with E-state index < -0.39 is 10.7 Å². The highest BCUT2D eigenvalue weighted by Gasteiger charge is 2.09. The minimum absolute atomic E-state index is 0.177. The molecule has 0 saturated carbocycles. The van der Waals surface area contributed by atoms with Gasteiger partial charge in [0.1, 0.15) is 5.82 Å². The number of nitrogens with zero attached hydrogens (tertiary/aromatic N) is 1. The predicted molar refractivity (Wildman–Crippen MR) is 70.6 cm³/mol. The van der Waals surface area contributed by atoms with Crippen molar-refractivity contribution in [1.29, 1.82) is 0 Å². The van der Waals surface area contributed by atoms with E-state index in [1.807, 2.05) is 0 Å². The lowest BCUT2D eigenvalue weighted by Gasteiger charge is -2.06. The van der Waals surface area contributed by atoms with E-state index in [0.29, 0.717) is 12.2 Å². The van der Waals surface area contributed by atoms with Crippen LogP contribution in [0.15, 0.2) is 18.2 Å². The second-order valence-corrected chi connectivity index (χ2v) is 4.80. The van der Waals surface area contributed by atoms with Gasteiger partial charge in [-0.05, 0) is 18.2 Å². The fraction of sp³-hybridized carbons (Fsp3) is 0.455. The van der Waals surface area contributed by atoms with Crippen LogP contribution in [0.3, 0.4) is 0 Å². The summed E-state index contributed by atoms with van der Waals surface area (Å²) in [6.07, 6.45) is 0.746. The monoisotopic (exact) mass is 274 g/mol. The SMILES string of the molecule is O=[N+]([O-])c1cc(F)cc(NCCSCCCO)c1. The Kier molecular flexibility index (Phi) is 6.45. The zero-order valence-corrected chi connectivity index (χ0v) is 10.6. The van der Waals surface area contributed by atoms with Gasteiger partial charge < -0.3 is 10.4 Å². The van der Waals surface area contributed by atoms with Gasteiger partial charge in [-0.2, -0.15) is 11.8 Å². The second kappa shape index (κ2) is 7.88. The Morgan fingerprint density at radius 2 is 2.17 bits per heavy atom. The van der Waals surface area contributed by atoms with Crippen molar-refractivity contribution >= 4 is 23.1 Å². The molecule has 0 unspecified atom stereocenters. The number of non-ortho nitro benzene ring substituents is 1. The molecule has 0 aromatic heterocycles. The molecule has 0 atom stereocenters. The van der Waals surface area contributed by atoms with E-state index in [9.17, 15) is 14.5 Å². The van der Waals surface area contributed by atoms with Gasteiger partial charge in [-0.15, -0.1) is 0 Å². The molecule has 1 aromatic carbocycles. The maximum atomic E-state index is 13.1.